The second-order valence-electron chi connectivity index (χ2n) is 7.27. The maximum atomic E-state index is 6.16. The Hall–Kier alpha value is -3.32. The van der Waals surface area contributed by atoms with Crippen molar-refractivity contribution >= 4 is 17.5 Å². The zero-order valence-electron chi connectivity index (χ0n) is 17.2. The molecule has 2 heterocycles. The molecule has 1 fully saturated rings. The Bertz CT molecular complexity index is 954. The number of nitrogens with zero attached hydrogens (tertiary/aromatic N) is 3. The van der Waals surface area contributed by atoms with Crippen molar-refractivity contribution in [3.05, 3.63) is 54.7 Å². The summed E-state index contributed by atoms with van der Waals surface area (Å²) < 4.78 is 11.0. The Labute approximate surface area is 176 Å². The first-order chi connectivity index (χ1) is 14.7. The van der Waals surface area contributed by atoms with Crippen LogP contribution in [0.15, 0.2) is 54.7 Å². The standard InChI is InChI=1S/C23H27N5O2/c1-29-19-8-4-17(5-9-19)21-16-25-23(27-22(21)24)26-18-6-10-20(11-7-18)30-15-14-28-12-2-3-13-28/h4-11,16H,2-3,12-15H2,1H3,(H3,24,25,26,27). The number of rotatable bonds is 8. The number of nitrogens with two attached hydrogens (primary N) is 1. The number of nitrogen functional groups attached to an aromatic ring is 1. The van der Waals surface area contributed by atoms with Crippen LogP contribution in [0.1, 0.15) is 12.8 Å². The maximum absolute atomic E-state index is 6.16. The highest BCUT2D eigenvalue weighted by atomic mass is 16.5. The molecule has 0 aliphatic carbocycles. The molecule has 1 aliphatic rings. The van der Waals surface area contributed by atoms with Crippen molar-refractivity contribution in [3.63, 3.8) is 0 Å². The van der Waals surface area contributed by atoms with Gasteiger partial charge in [0, 0.05) is 24.0 Å². The van der Waals surface area contributed by atoms with E-state index in [1.165, 1.54) is 25.9 Å². The van der Waals surface area contributed by atoms with Crippen LogP contribution in [0.3, 0.4) is 0 Å². The highest BCUT2D eigenvalue weighted by molar-refractivity contribution is 5.74. The van der Waals surface area contributed by atoms with Crippen molar-refractivity contribution in [1.82, 2.24) is 14.9 Å². The Morgan fingerprint density at radius 3 is 2.37 bits per heavy atom. The summed E-state index contributed by atoms with van der Waals surface area (Å²) in [5.74, 6) is 2.52. The van der Waals surface area contributed by atoms with E-state index >= 15 is 0 Å². The third-order valence-corrected chi connectivity index (χ3v) is 5.20. The molecule has 30 heavy (non-hydrogen) atoms. The largest absolute Gasteiger partial charge is 0.497 e. The molecule has 0 saturated carbocycles. The maximum Gasteiger partial charge on any atom is 0.229 e. The van der Waals surface area contributed by atoms with Gasteiger partial charge in [-0.25, -0.2) is 4.98 Å². The van der Waals surface area contributed by atoms with E-state index in [1.807, 2.05) is 48.5 Å². The summed E-state index contributed by atoms with van der Waals surface area (Å²) in [5.41, 5.74) is 8.76. The number of hydrogen-bond donors (Lipinski definition) is 2. The van der Waals surface area contributed by atoms with Crippen molar-refractivity contribution < 1.29 is 9.47 Å². The predicted molar refractivity (Wildman–Crippen MR) is 119 cm³/mol. The van der Waals surface area contributed by atoms with Gasteiger partial charge in [0.25, 0.3) is 0 Å². The Balaban J connectivity index is 1.34. The van der Waals surface area contributed by atoms with Crippen molar-refractivity contribution in [3.8, 4) is 22.6 Å². The van der Waals surface area contributed by atoms with Crippen LogP contribution in [0.25, 0.3) is 11.1 Å². The molecule has 2 aromatic carbocycles. The molecule has 0 bridgehead atoms. The number of benzene rings is 2. The van der Waals surface area contributed by atoms with E-state index in [1.54, 1.807) is 13.3 Å². The molecule has 0 radical (unpaired) electrons. The molecule has 1 aliphatic heterocycles. The van der Waals surface area contributed by atoms with Crippen LogP contribution in [0.2, 0.25) is 0 Å². The van der Waals surface area contributed by atoms with E-state index in [0.29, 0.717) is 18.4 Å². The molecule has 1 saturated heterocycles. The summed E-state index contributed by atoms with van der Waals surface area (Å²) in [7, 11) is 1.64. The second-order valence-corrected chi connectivity index (χ2v) is 7.27. The van der Waals surface area contributed by atoms with Gasteiger partial charge >= 0.3 is 0 Å². The van der Waals surface area contributed by atoms with Crippen molar-refractivity contribution in [2.75, 3.05) is 44.4 Å². The molecule has 4 rings (SSSR count). The molecule has 0 amide bonds. The molecule has 3 N–H and O–H groups in total. The van der Waals surface area contributed by atoms with E-state index in [0.717, 1.165) is 34.9 Å². The summed E-state index contributed by atoms with van der Waals surface area (Å²) in [6, 6.07) is 15.4. The van der Waals surface area contributed by atoms with Gasteiger partial charge in [-0.3, -0.25) is 4.90 Å². The van der Waals surface area contributed by atoms with Crippen LogP contribution in [-0.4, -0.2) is 48.2 Å². The van der Waals surface area contributed by atoms with E-state index in [4.69, 9.17) is 15.2 Å². The van der Waals surface area contributed by atoms with Gasteiger partial charge in [-0.05, 0) is 67.9 Å². The van der Waals surface area contributed by atoms with Crippen LogP contribution in [0.4, 0.5) is 17.5 Å². The van der Waals surface area contributed by atoms with Crippen LogP contribution in [0, 0.1) is 0 Å². The SMILES string of the molecule is COc1ccc(-c2cnc(Nc3ccc(OCCN4CCCC4)cc3)nc2N)cc1. The first-order valence-electron chi connectivity index (χ1n) is 10.2. The lowest BCUT2D eigenvalue weighted by atomic mass is 10.1. The Kier molecular flexibility index (Phi) is 6.29. The molecule has 0 spiro atoms. The molecule has 0 atom stereocenters. The fourth-order valence-electron chi connectivity index (χ4n) is 3.51. The third-order valence-electron chi connectivity index (χ3n) is 5.20. The third kappa shape index (κ3) is 4.99. The smallest absolute Gasteiger partial charge is 0.229 e. The van der Waals surface area contributed by atoms with Crippen LogP contribution >= 0.6 is 0 Å². The average molecular weight is 406 g/mol. The summed E-state index contributed by atoms with van der Waals surface area (Å²) in [6.45, 7) is 4.06. The fourth-order valence-corrected chi connectivity index (χ4v) is 3.51. The first-order valence-corrected chi connectivity index (χ1v) is 10.2. The van der Waals surface area contributed by atoms with Crippen LogP contribution < -0.4 is 20.5 Å². The van der Waals surface area contributed by atoms with E-state index in [9.17, 15) is 0 Å². The van der Waals surface area contributed by atoms with Gasteiger partial charge in [-0.15, -0.1) is 0 Å². The van der Waals surface area contributed by atoms with E-state index < -0.39 is 0 Å². The lowest BCUT2D eigenvalue weighted by Crippen LogP contribution is -2.25. The van der Waals surface area contributed by atoms with Crippen molar-refractivity contribution in [2.24, 2.45) is 0 Å². The van der Waals surface area contributed by atoms with Crippen LogP contribution in [-0.2, 0) is 0 Å². The minimum Gasteiger partial charge on any atom is -0.497 e. The predicted octanol–water partition coefficient (Wildman–Crippen LogP) is 3.95. The van der Waals surface area contributed by atoms with Gasteiger partial charge in [0.15, 0.2) is 0 Å². The zero-order chi connectivity index (χ0) is 20.8. The molecule has 3 aromatic rings. The quantitative estimate of drug-likeness (QED) is 0.587. The number of nitrogens with one attached hydrogen (secondary N) is 1. The molecular formula is C23H27N5O2. The Morgan fingerprint density at radius 2 is 1.70 bits per heavy atom. The molecule has 7 heteroatoms. The summed E-state index contributed by atoms with van der Waals surface area (Å²) in [5, 5.41) is 3.18. The highest BCUT2D eigenvalue weighted by Gasteiger charge is 2.11. The van der Waals surface area contributed by atoms with E-state index in [-0.39, 0.29) is 0 Å². The second kappa shape index (κ2) is 9.45. The summed E-state index contributed by atoms with van der Waals surface area (Å²) >= 11 is 0. The minimum absolute atomic E-state index is 0.416. The monoisotopic (exact) mass is 405 g/mol. The number of methoxy groups -OCH3 is 1. The number of hydrogen-bond acceptors (Lipinski definition) is 7. The summed E-state index contributed by atoms with van der Waals surface area (Å²) in [6.07, 6.45) is 4.32. The number of anilines is 3. The lowest BCUT2D eigenvalue weighted by Gasteiger charge is -2.15. The lowest BCUT2D eigenvalue weighted by molar-refractivity contribution is 0.238. The van der Waals surface area contributed by atoms with Crippen molar-refractivity contribution in [2.45, 2.75) is 12.8 Å². The van der Waals surface area contributed by atoms with E-state index in [2.05, 4.69) is 20.2 Å². The van der Waals surface area contributed by atoms with Crippen molar-refractivity contribution in [1.29, 1.82) is 0 Å². The van der Waals surface area contributed by atoms with Gasteiger partial charge < -0.3 is 20.5 Å². The fraction of sp³-hybridized carbons (Fsp3) is 0.304. The minimum atomic E-state index is 0.416. The average Bonchev–Trinajstić information content (AvgIpc) is 3.29. The Morgan fingerprint density at radius 1 is 1.00 bits per heavy atom. The van der Waals surface area contributed by atoms with Gasteiger partial charge in [-0.2, -0.15) is 4.98 Å². The van der Waals surface area contributed by atoms with Crippen LogP contribution in [0.5, 0.6) is 11.5 Å². The van der Waals surface area contributed by atoms with Gasteiger partial charge in [0.2, 0.25) is 5.95 Å². The molecule has 0 unspecified atom stereocenters. The normalized spacial score (nSPS) is 13.9. The molecule has 7 nitrogen and oxygen atoms in total. The van der Waals surface area contributed by atoms with Gasteiger partial charge in [0.05, 0.1) is 7.11 Å². The number of likely N-dealkylation sites (tertiary alicyclic amines) is 1. The molecule has 1 aromatic heterocycles. The first kappa shape index (κ1) is 20.0. The highest BCUT2D eigenvalue weighted by Crippen LogP contribution is 2.27. The van der Waals surface area contributed by atoms with Gasteiger partial charge in [0.1, 0.15) is 23.9 Å². The summed E-state index contributed by atoms with van der Waals surface area (Å²) in [4.78, 5) is 11.2. The van der Waals surface area contributed by atoms with Gasteiger partial charge in [-0.1, -0.05) is 12.1 Å². The number of ether oxygens (including phenoxy) is 2. The zero-order valence-corrected chi connectivity index (χ0v) is 17.2. The number of aromatic nitrogens is 2. The molecule has 156 valence electrons. The molecular weight excluding hydrogens is 378 g/mol. The topological polar surface area (TPSA) is 85.5 Å².